The molecule has 1 aromatic carbocycles. The van der Waals surface area contributed by atoms with E-state index >= 15 is 0 Å². The third kappa shape index (κ3) is 4.28. The quantitative estimate of drug-likeness (QED) is 0.801. The second kappa shape index (κ2) is 6.46. The van der Waals surface area contributed by atoms with Gasteiger partial charge in [0.2, 0.25) is 0 Å². The van der Waals surface area contributed by atoms with Crippen LogP contribution in [0.2, 0.25) is 0 Å². The highest BCUT2D eigenvalue weighted by molar-refractivity contribution is 9.10. The molecule has 0 saturated heterocycles. The van der Waals surface area contributed by atoms with E-state index in [1.165, 1.54) is 17.4 Å². The van der Waals surface area contributed by atoms with Crippen molar-refractivity contribution in [3.63, 3.8) is 0 Å². The summed E-state index contributed by atoms with van der Waals surface area (Å²) >= 11 is 4.36. The third-order valence-corrected chi connectivity index (χ3v) is 4.28. The van der Waals surface area contributed by atoms with Crippen LogP contribution in [0, 0.1) is 0 Å². The minimum atomic E-state index is -4.40. The van der Waals surface area contributed by atoms with Gasteiger partial charge in [0.25, 0.3) is 0 Å². The second-order valence-electron chi connectivity index (χ2n) is 4.85. The monoisotopic (exact) mass is 378 g/mol. The fourth-order valence-electron chi connectivity index (χ4n) is 1.76. The maximum atomic E-state index is 13.1. The second-order valence-corrected chi connectivity index (χ2v) is 6.89. The van der Waals surface area contributed by atoms with Crippen molar-refractivity contribution in [1.82, 2.24) is 10.3 Å². The van der Waals surface area contributed by atoms with E-state index in [1.54, 1.807) is 12.3 Å². The molecule has 0 bridgehead atoms. The molecular weight excluding hydrogens is 365 g/mol. The predicted molar refractivity (Wildman–Crippen MR) is 82.2 cm³/mol. The number of thiazole rings is 1. The Bertz CT molecular complexity index is 623. The van der Waals surface area contributed by atoms with Crippen molar-refractivity contribution in [3.8, 4) is 10.6 Å². The Labute approximate surface area is 133 Å². The van der Waals surface area contributed by atoms with Gasteiger partial charge in [0.15, 0.2) is 0 Å². The van der Waals surface area contributed by atoms with Crippen molar-refractivity contribution in [2.24, 2.45) is 0 Å². The molecule has 114 valence electrons. The molecule has 1 aromatic heterocycles. The van der Waals surface area contributed by atoms with Gasteiger partial charge in [-0.15, -0.1) is 11.3 Å². The van der Waals surface area contributed by atoms with Gasteiger partial charge in [0.05, 0.1) is 5.56 Å². The molecule has 0 fully saturated rings. The van der Waals surface area contributed by atoms with Crippen LogP contribution in [-0.4, -0.2) is 11.0 Å². The van der Waals surface area contributed by atoms with Gasteiger partial charge < -0.3 is 5.32 Å². The van der Waals surface area contributed by atoms with Crippen molar-refractivity contribution >= 4 is 27.3 Å². The molecule has 2 aromatic rings. The summed E-state index contributed by atoms with van der Waals surface area (Å²) < 4.78 is 39.8. The number of hydrogen-bond acceptors (Lipinski definition) is 3. The number of nitrogens with zero attached hydrogens (tertiary/aromatic N) is 1. The van der Waals surface area contributed by atoms with Crippen LogP contribution in [-0.2, 0) is 12.7 Å². The molecule has 0 aliphatic heterocycles. The van der Waals surface area contributed by atoms with Crippen LogP contribution in [0.25, 0.3) is 10.6 Å². The summed E-state index contributed by atoms with van der Waals surface area (Å²) in [5.74, 6) is 0. The highest BCUT2D eigenvalue weighted by atomic mass is 79.9. The van der Waals surface area contributed by atoms with Gasteiger partial charge in [-0.1, -0.05) is 35.8 Å². The summed E-state index contributed by atoms with van der Waals surface area (Å²) in [5.41, 5.74) is -0.555. The Hall–Kier alpha value is -0.920. The van der Waals surface area contributed by atoms with Crippen LogP contribution in [0.15, 0.2) is 28.9 Å². The van der Waals surface area contributed by atoms with Crippen LogP contribution in [0.1, 0.15) is 24.3 Å². The predicted octanol–water partition coefficient (Wildman–Crippen LogP) is 5.09. The molecule has 0 unspecified atom stereocenters. The number of nitrogens with one attached hydrogen (secondary N) is 1. The normalized spacial score (nSPS) is 12.1. The number of hydrogen-bond donors (Lipinski definition) is 1. The van der Waals surface area contributed by atoms with Gasteiger partial charge in [-0.05, 0) is 12.1 Å². The standard InChI is InChI=1S/C14H14BrF3N2S/c1-8(2)19-6-10-7-20-13(21-10)11-4-3-9(15)5-12(11)14(16,17)18/h3-5,7-8,19H,6H2,1-2H3. The van der Waals surface area contributed by atoms with Crippen molar-refractivity contribution in [2.45, 2.75) is 32.6 Å². The highest BCUT2D eigenvalue weighted by Gasteiger charge is 2.34. The fourth-order valence-corrected chi connectivity index (χ4v) is 3.02. The average Bonchev–Trinajstić information content (AvgIpc) is 2.84. The molecule has 2 nitrogen and oxygen atoms in total. The average molecular weight is 379 g/mol. The van der Waals surface area contributed by atoms with E-state index in [9.17, 15) is 13.2 Å². The maximum absolute atomic E-state index is 13.1. The Morgan fingerprint density at radius 3 is 2.67 bits per heavy atom. The zero-order chi connectivity index (χ0) is 15.6. The van der Waals surface area contributed by atoms with Gasteiger partial charge in [-0.3, -0.25) is 0 Å². The summed E-state index contributed by atoms with van der Waals surface area (Å²) in [6.45, 7) is 4.63. The Morgan fingerprint density at radius 1 is 1.33 bits per heavy atom. The first kappa shape index (κ1) is 16.5. The van der Waals surface area contributed by atoms with E-state index in [0.717, 1.165) is 10.9 Å². The molecule has 21 heavy (non-hydrogen) atoms. The first-order valence-corrected chi connectivity index (χ1v) is 7.93. The minimum absolute atomic E-state index is 0.117. The van der Waals surface area contributed by atoms with Crippen molar-refractivity contribution < 1.29 is 13.2 Å². The molecule has 0 radical (unpaired) electrons. The zero-order valence-electron chi connectivity index (χ0n) is 11.5. The van der Waals surface area contributed by atoms with E-state index in [1.807, 2.05) is 13.8 Å². The van der Waals surface area contributed by atoms with Crippen molar-refractivity contribution in [1.29, 1.82) is 0 Å². The SMILES string of the molecule is CC(C)NCc1cnc(-c2ccc(Br)cc2C(F)(F)F)s1. The molecule has 0 aliphatic carbocycles. The lowest BCUT2D eigenvalue weighted by atomic mass is 10.1. The first-order chi connectivity index (χ1) is 9.77. The van der Waals surface area contributed by atoms with Crippen LogP contribution in [0.4, 0.5) is 13.2 Å². The lowest BCUT2D eigenvalue weighted by Gasteiger charge is -2.11. The Morgan fingerprint density at radius 2 is 2.05 bits per heavy atom. The highest BCUT2D eigenvalue weighted by Crippen LogP contribution is 2.39. The van der Waals surface area contributed by atoms with E-state index in [2.05, 4.69) is 26.2 Å². The summed E-state index contributed by atoms with van der Waals surface area (Å²) in [7, 11) is 0. The molecule has 0 atom stereocenters. The molecule has 0 amide bonds. The first-order valence-electron chi connectivity index (χ1n) is 6.32. The van der Waals surface area contributed by atoms with Gasteiger partial charge >= 0.3 is 6.18 Å². The van der Waals surface area contributed by atoms with E-state index in [0.29, 0.717) is 22.1 Å². The molecule has 0 aliphatic rings. The number of rotatable bonds is 4. The topological polar surface area (TPSA) is 24.9 Å². The zero-order valence-corrected chi connectivity index (χ0v) is 13.9. The number of halogens is 4. The van der Waals surface area contributed by atoms with Crippen molar-refractivity contribution in [2.75, 3.05) is 0 Å². The summed E-state index contributed by atoms with van der Waals surface area (Å²) in [4.78, 5) is 5.04. The molecule has 0 spiro atoms. The van der Waals surface area contributed by atoms with Crippen LogP contribution < -0.4 is 5.32 Å². The molecule has 2 rings (SSSR count). The van der Waals surface area contributed by atoms with Crippen LogP contribution in [0.5, 0.6) is 0 Å². The van der Waals surface area contributed by atoms with Crippen LogP contribution >= 0.6 is 27.3 Å². The smallest absolute Gasteiger partial charge is 0.310 e. The van der Waals surface area contributed by atoms with Crippen molar-refractivity contribution in [3.05, 3.63) is 39.3 Å². The summed E-state index contributed by atoms with van der Waals surface area (Å²) in [6.07, 6.45) is -2.78. The van der Waals surface area contributed by atoms with Gasteiger partial charge in [0.1, 0.15) is 5.01 Å². The molecule has 1 N–H and O–H groups in total. The van der Waals surface area contributed by atoms with E-state index < -0.39 is 11.7 Å². The number of alkyl halides is 3. The molecular formula is C14H14BrF3N2S. The third-order valence-electron chi connectivity index (χ3n) is 2.76. The lowest BCUT2D eigenvalue weighted by molar-refractivity contribution is -0.137. The fraction of sp³-hybridized carbons (Fsp3) is 0.357. The molecule has 0 saturated carbocycles. The minimum Gasteiger partial charge on any atom is -0.310 e. The molecule has 1 heterocycles. The van der Waals surface area contributed by atoms with Crippen LogP contribution in [0.3, 0.4) is 0 Å². The van der Waals surface area contributed by atoms with Gasteiger partial charge in [-0.25, -0.2) is 4.98 Å². The molecule has 7 heteroatoms. The summed E-state index contributed by atoms with van der Waals surface area (Å²) in [6, 6.07) is 4.44. The van der Waals surface area contributed by atoms with E-state index in [-0.39, 0.29) is 5.56 Å². The Kier molecular flexibility index (Phi) is 5.06. The van der Waals surface area contributed by atoms with E-state index in [4.69, 9.17) is 0 Å². The van der Waals surface area contributed by atoms with Gasteiger partial charge in [-0.2, -0.15) is 13.2 Å². The maximum Gasteiger partial charge on any atom is 0.417 e. The number of benzene rings is 1. The largest absolute Gasteiger partial charge is 0.417 e. The summed E-state index contributed by atoms with van der Waals surface area (Å²) in [5, 5.41) is 3.61. The Balaban J connectivity index is 2.34. The van der Waals surface area contributed by atoms with Gasteiger partial charge in [0, 0.05) is 33.7 Å². The number of aromatic nitrogens is 1. The lowest BCUT2D eigenvalue weighted by Crippen LogP contribution is -2.21.